The molecule has 0 radical (unpaired) electrons. The first-order valence-corrected chi connectivity index (χ1v) is 7.40. The smallest absolute Gasteiger partial charge is 0.245 e. The highest BCUT2D eigenvalue weighted by atomic mass is 32.2. The van der Waals surface area contributed by atoms with Crippen LogP contribution in [0, 0.1) is 11.7 Å². The number of nitrogens with zero attached hydrogens (tertiary/aromatic N) is 1. The average molecular weight is 272 g/mol. The molecule has 1 heterocycles. The summed E-state index contributed by atoms with van der Waals surface area (Å²) in [6, 6.07) is 3.43. The van der Waals surface area contributed by atoms with Crippen molar-refractivity contribution < 1.29 is 12.8 Å². The van der Waals surface area contributed by atoms with Crippen LogP contribution < -0.4 is 5.73 Å². The van der Waals surface area contributed by atoms with Crippen LogP contribution >= 0.6 is 0 Å². The largest absolute Gasteiger partial charge is 0.398 e. The molecule has 1 aliphatic heterocycles. The molecule has 0 aliphatic carbocycles. The Morgan fingerprint density at radius 2 is 1.94 bits per heavy atom. The molecule has 1 aromatic rings. The van der Waals surface area contributed by atoms with Gasteiger partial charge in [-0.1, -0.05) is 6.92 Å². The van der Waals surface area contributed by atoms with Crippen molar-refractivity contribution >= 4 is 15.7 Å². The minimum absolute atomic E-state index is 0.0926. The molecule has 1 saturated heterocycles. The molecule has 1 aliphatic rings. The minimum Gasteiger partial charge on any atom is -0.398 e. The van der Waals surface area contributed by atoms with E-state index in [2.05, 4.69) is 6.92 Å². The molecule has 18 heavy (non-hydrogen) atoms. The van der Waals surface area contributed by atoms with Crippen LogP contribution in [0.25, 0.3) is 0 Å². The Hall–Kier alpha value is -1.14. The van der Waals surface area contributed by atoms with Crippen LogP contribution in [0.1, 0.15) is 19.8 Å². The summed E-state index contributed by atoms with van der Waals surface area (Å²) in [5.74, 6) is -0.0607. The zero-order chi connectivity index (χ0) is 13.3. The van der Waals surface area contributed by atoms with Crippen molar-refractivity contribution in [2.75, 3.05) is 18.8 Å². The van der Waals surface area contributed by atoms with E-state index in [9.17, 15) is 12.8 Å². The maximum atomic E-state index is 13.2. The number of anilines is 1. The third-order valence-corrected chi connectivity index (χ3v) is 5.29. The zero-order valence-electron chi connectivity index (χ0n) is 10.3. The Labute approximate surface area is 107 Å². The molecular formula is C12H17FN2O2S. The molecular weight excluding hydrogens is 255 g/mol. The van der Waals surface area contributed by atoms with Gasteiger partial charge in [-0.2, -0.15) is 4.31 Å². The molecule has 0 bridgehead atoms. The Morgan fingerprint density at radius 1 is 1.33 bits per heavy atom. The topological polar surface area (TPSA) is 63.4 Å². The summed E-state index contributed by atoms with van der Waals surface area (Å²) >= 11 is 0. The fraction of sp³-hybridized carbons (Fsp3) is 0.500. The summed E-state index contributed by atoms with van der Waals surface area (Å²) in [6.07, 6.45) is 1.66. The van der Waals surface area contributed by atoms with Crippen molar-refractivity contribution in [3.63, 3.8) is 0 Å². The first kappa shape index (κ1) is 13.3. The van der Waals surface area contributed by atoms with Gasteiger partial charge in [0.1, 0.15) is 10.7 Å². The molecule has 0 amide bonds. The highest BCUT2D eigenvalue weighted by Crippen LogP contribution is 2.27. The number of nitrogen functional groups attached to an aromatic ring is 1. The van der Waals surface area contributed by atoms with E-state index in [0.29, 0.717) is 19.0 Å². The number of rotatable bonds is 2. The van der Waals surface area contributed by atoms with Gasteiger partial charge in [0.15, 0.2) is 0 Å². The molecule has 0 spiro atoms. The van der Waals surface area contributed by atoms with E-state index in [4.69, 9.17) is 5.73 Å². The van der Waals surface area contributed by atoms with E-state index in [0.717, 1.165) is 25.0 Å². The van der Waals surface area contributed by atoms with E-state index in [-0.39, 0.29) is 10.6 Å². The fourth-order valence-corrected chi connectivity index (χ4v) is 3.69. The number of nitrogens with two attached hydrogens (primary N) is 1. The number of sulfonamides is 1. The number of hydrogen-bond acceptors (Lipinski definition) is 3. The zero-order valence-corrected chi connectivity index (χ0v) is 11.1. The number of benzene rings is 1. The molecule has 0 saturated carbocycles. The average Bonchev–Trinajstić information content (AvgIpc) is 2.32. The molecule has 2 rings (SSSR count). The van der Waals surface area contributed by atoms with E-state index < -0.39 is 15.8 Å². The van der Waals surface area contributed by atoms with Crippen molar-refractivity contribution in [3.05, 3.63) is 24.0 Å². The van der Waals surface area contributed by atoms with Gasteiger partial charge in [0.25, 0.3) is 0 Å². The molecule has 100 valence electrons. The van der Waals surface area contributed by atoms with Gasteiger partial charge in [0.2, 0.25) is 10.0 Å². The monoisotopic (exact) mass is 272 g/mol. The summed E-state index contributed by atoms with van der Waals surface area (Å²) in [5.41, 5.74) is 5.73. The number of hydrogen-bond donors (Lipinski definition) is 1. The van der Waals surface area contributed by atoms with Gasteiger partial charge < -0.3 is 5.73 Å². The van der Waals surface area contributed by atoms with E-state index >= 15 is 0 Å². The van der Waals surface area contributed by atoms with Gasteiger partial charge in [-0.25, -0.2) is 12.8 Å². The summed E-state index contributed by atoms with van der Waals surface area (Å²) in [6.45, 7) is 3.04. The van der Waals surface area contributed by atoms with Gasteiger partial charge in [0.05, 0.1) is 5.69 Å². The van der Waals surface area contributed by atoms with E-state index in [1.54, 1.807) is 0 Å². The summed E-state index contributed by atoms with van der Waals surface area (Å²) < 4.78 is 39.2. The van der Waals surface area contributed by atoms with Crippen LogP contribution in [0.5, 0.6) is 0 Å². The second-order valence-corrected chi connectivity index (χ2v) is 6.68. The van der Waals surface area contributed by atoms with Gasteiger partial charge in [-0.15, -0.1) is 0 Å². The SMILES string of the molecule is CC1CCN(S(=O)(=O)c2cc(F)ccc2N)CC1. The lowest BCUT2D eigenvalue weighted by Crippen LogP contribution is -2.38. The lowest BCUT2D eigenvalue weighted by Gasteiger charge is -2.29. The van der Waals surface area contributed by atoms with E-state index in [1.165, 1.54) is 10.4 Å². The van der Waals surface area contributed by atoms with Crippen molar-refractivity contribution in [1.82, 2.24) is 4.31 Å². The quantitative estimate of drug-likeness (QED) is 0.835. The van der Waals surface area contributed by atoms with Crippen molar-refractivity contribution in [1.29, 1.82) is 0 Å². The van der Waals surface area contributed by atoms with E-state index in [1.807, 2.05) is 0 Å². The van der Waals surface area contributed by atoms with Crippen molar-refractivity contribution in [2.24, 2.45) is 5.92 Å². The van der Waals surface area contributed by atoms with Crippen LogP contribution in [0.4, 0.5) is 10.1 Å². The van der Waals surface area contributed by atoms with Crippen molar-refractivity contribution in [3.8, 4) is 0 Å². The summed E-state index contributed by atoms with van der Waals surface area (Å²) in [5, 5.41) is 0. The van der Waals surface area contributed by atoms with Crippen LogP contribution in [0.15, 0.2) is 23.1 Å². The molecule has 1 fully saturated rings. The predicted molar refractivity (Wildman–Crippen MR) is 68.0 cm³/mol. The second-order valence-electron chi connectivity index (χ2n) is 4.77. The molecule has 6 heteroatoms. The van der Waals surface area contributed by atoms with Gasteiger partial charge in [-0.3, -0.25) is 0 Å². The molecule has 0 aromatic heterocycles. The van der Waals surface area contributed by atoms with Crippen LogP contribution in [-0.2, 0) is 10.0 Å². The Bertz CT molecular complexity index is 537. The first-order valence-electron chi connectivity index (χ1n) is 5.96. The Balaban J connectivity index is 2.33. The molecule has 2 N–H and O–H groups in total. The summed E-state index contributed by atoms with van der Waals surface area (Å²) in [4.78, 5) is -0.128. The third-order valence-electron chi connectivity index (χ3n) is 3.34. The summed E-state index contributed by atoms with van der Waals surface area (Å²) in [7, 11) is -3.67. The normalized spacial score (nSPS) is 19.0. The van der Waals surface area contributed by atoms with Crippen LogP contribution in [0.3, 0.4) is 0 Å². The molecule has 0 unspecified atom stereocenters. The molecule has 4 nitrogen and oxygen atoms in total. The van der Waals surface area contributed by atoms with Crippen LogP contribution in [-0.4, -0.2) is 25.8 Å². The third kappa shape index (κ3) is 2.49. The Kier molecular flexibility index (Phi) is 3.59. The van der Waals surface area contributed by atoms with Gasteiger partial charge in [-0.05, 0) is 37.0 Å². The standard InChI is InChI=1S/C12H17FN2O2S/c1-9-4-6-15(7-5-9)18(16,17)12-8-10(13)2-3-11(12)14/h2-3,8-9H,4-7,14H2,1H3. The highest BCUT2D eigenvalue weighted by molar-refractivity contribution is 7.89. The van der Waals surface area contributed by atoms with Crippen LogP contribution in [0.2, 0.25) is 0 Å². The predicted octanol–water partition coefficient (Wildman–Crippen LogP) is 1.83. The second kappa shape index (κ2) is 4.85. The Morgan fingerprint density at radius 3 is 2.56 bits per heavy atom. The molecule has 0 atom stereocenters. The fourth-order valence-electron chi connectivity index (χ4n) is 2.10. The van der Waals surface area contributed by atoms with Gasteiger partial charge >= 0.3 is 0 Å². The molecule has 1 aromatic carbocycles. The lowest BCUT2D eigenvalue weighted by atomic mass is 10.0. The maximum absolute atomic E-state index is 13.2. The van der Waals surface area contributed by atoms with Crippen molar-refractivity contribution in [2.45, 2.75) is 24.7 Å². The van der Waals surface area contributed by atoms with Gasteiger partial charge in [0, 0.05) is 13.1 Å². The highest BCUT2D eigenvalue weighted by Gasteiger charge is 2.29. The minimum atomic E-state index is -3.67. The first-order chi connectivity index (χ1) is 8.41. The lowest BCUT2D eigenvalue weighted by molar-refractivity contribution is 0.288. The maximum Gasteiger partial charge on any atom is 0.245 e. The number of halogens is 1. The number of piperidine rings is 1.